The fraction of sp³-hybridized carbons (Fsp3) is 0.857. The summed E-state index contributed by atoms with van der Waals surface area (Å²) in [4.78, 5) is 24.6. The Morgan fingerprint density at radius 1 is 0.714 bits per heavy atom. The van der Waals surface area contributed by atoms with Crippen molar-refractivity contribution in [1.82, 2.24) is 10.6 Å². The maximum Gasteiger partial charge on any atom is 0.220 e. The second kappa shape index (κ2) is 24.3. The molecule has 0 aromatic heterocycles. The van der Waals surface area contributed by atoms with Crippen LogP contribution in [0.5, 0.6) is 0 Å². The molecule has 0 bridgehead atoms. The predicted octanol–water partition coefficient (Wildman–Crippen LogP) is 2.46. The molecule has 0 heterocycles. The molecule has 2 atom stereocenters. The third-order valence-electron chi connectivity index (χ3n) is 6.44. The van der Waals surface area contributed by atoms with E-state index in [-0.39, 0.29) is 49.3 Å². The largest absolute Gasteiger partial charge is 0.357 e. The van der Waals surface area contributed by atoms with Gasteiger partial charge in [0, 0.05) is 52.4 Å². The molecule has 0 aromatic rings. The summed E-state index contributed by atoms with van der Waals surface area (Å²) in [5.41, 5.74) is -2.50. The number of azo groups is 1. The van der Waals surface area contributed by atoms with Crippen LogP contribution >= 0.6 is 0 Å². The van der Waals surface area contributed by atoms with Crippen LogP contribution in [0.15, 0.2) is 10.2 Å². The summed E-state index contributed by atoms with van der Waals surface area (Å²) in [6.07, 6.45) is 2.27. The third-order valence-corrected chi connectivity index (χ3v) is 10.1. The van der Waals surface area contributed by atoms with Crippen LogP contribution in [0.25, 0.3) is 0 Å². The Morgan fingerprint density at radius 2 is 1.05 bits per heavy atom. The summed E-state index contributed by atoms with van der Waals surface area (Å²) in [7, 11) is -1.10. The highest BCUT2D eigenvalue weighted by atomic mass is 28.2. The molecule has 0 spiro atoms. The quantitative estimate of drug-likeness (QED) is 0.0639. The number of hydrogen-bond acceptors (Lipinski definition) is 10. The normalized spacial score (nSPS) is 14.9. The fourth-order valence-corrected chi connectivity index (χ4v) is 7.22. The van der Waals surface area contributed by atoms with E-state index in [1.54, 1.807) is 13.8 Å². The maximum absolute atomic E-state index is 12.3. The molecule has 0 saturated heterocycles. The molecular weight excluding hydrogens is 573 g/mol. The standard InChI is InChI=1S/C28H54N6O6Si2/c1-7-37-25(38-8-2)41-19-11-17-31-23(35)13-15-27(5,21-29)33-34-28(6,22-30)16-14-24(36)32-18-12-20-42-26(39-9-3)40-10-4/h25-26H,7-20,41-42H2,1-6H3,(H,31,35)(H,32,36). The molecule has 0 fully saturated rings. The lowest BCUT2D eigenvalue weighted by Crippen LogP contribution is -2.30. The first-order valence-electron chi connectivity index (χ1n) is 15.4. The van der Waals surface area contributed by atoms with Crippen LogP contribution in [0.2, 0.25) is 12.1 Å². The minimum atomic E-state index is -1.25. The van der Waals surface area contributed by atoms with Gasteiger partial charge in [-0.1, -0.05) is 12.1 Å². The smallest absolute Gasteiger partial charge is 0.220 e. The molecule has 240 valence electrons. The molecule has 0 rings (SSSR count). The van der Waals surface area contributed by atoms with E-state index in [4.69, 9.17) is 18.9 Å². The van der Waals surface area contributed by atoms with Gasteiger partial charge in [0.2, 0.25) is 11.8 Å². The molecule has 0 radical (unpaired) electrons. The number of nitrogens with zero attached hydrogens (tertiary/aromatic N) is 4. The number of rotatable bonds is 26. The summed E-state index contributed by atoms with van der Waals surface area (Å²) in [6, 6.07) is 6.19. The van der Waals surface area contributed by atoms with E-state index in [2.05, 4.69) is 33.0 Å². The lowest BCUT2D eigenvalue weighted by Gasteiger charge is -2.19. The fourth-order valence-electron chi connectivity index (χ4n) is 3.87. The van der Waals surface area contributed by atoms with Crippen molar-refractivity contribution >= 4 is 30.9 Å². The van der Waals surface area contributed by atoms with Crippen molar-refractivity contribution in [3.63, 3.8) is 0 Å². The molecule has 2 unspecified atom stereocenters. The summed E-state index contributed by atoms with van der Waals surface area (Å²) in [6.45, 7) is 14.6. The highest BCUT2D eigenvalue weighted by Crippen LogP contribution is 2.23. The number of ether oxygens (including phenoxy) is 4. The molecule has 0 saturated carbocycles. The molecule has 0 aromatic carbocycles. The molecule has 2 amide bonds. The average molecular weight is 627 g/mol. The highest BCUT2D eigenvalue weighted by Gasteiger charge is 2.29. The van der Waals surface area contributed by atoms with Gasteiger partial charge in [0.15, 0.2) is 11.1 Å². The highest BCUT2D eigenvalue weighted by molar-refractivity contribution is 6.36. The second-order valence-electron chi connectivity index (χ2n) is 10.3. The van der Waals surface area contributed by atoms with Gasteiger partial charge in [0.1, 0.15) is 11.8 Å². The van der Waals surface area contributed by atoms with Gasteiger partial charge in [-0.25, -0.2) is 0 Å². The van der Waals surface area contributed by atoms with Crippen LogP contribution in [0.4, 0.5) is 0 Å². The third kappa shape index (κ3) is 19.8. The number of nitrogens with one attached hydrogen (secondary N) is 2. The molecule has 2 N–H and O–H groups in total. The first-order chi connectivity index (χ1) is 20.1. The van der Waals surface area contributed by atoms with Gasteiger partial charge in [-0.05, 0) is 67.2 Å². The molecule has 12 nitrogen and oxygen atoms in total. The SMILES string of the molecule is CCOC(OCC)[SiH2]CCCNC(=O)CCC(C)(C#N)N=NC(C)(C#N)CCC(=O)NCCC[SiH2]C(OCC)OCC. The lowest BCUT2D eigenvalue weighted by atomic mass is 9.97. The zero-order valence-electron chi connectivity index (χ0n) is 26.7. The van der Waals surface area contributed by atoms with E-state index in [1.807, 2.05) is 27.7 Å². The van der Waals surface area contributed by atoms with Gasteiger partial charge in [0.25, 0.3) is 0 Å². The Bertz CT molecular complexity index is 791. The van der Waals surface area contributed by atoms with Crippen LogP contribution in [-0.4, -0.2) is 93.3 Å². The van der Waals surface area contributed by atoms with Gasteiger partial charge in [-0.2, -0.15) is 20.8 Å². The molecular formula is C28H54N6O6Si2. The zero-order valence-corrected chi connectivity index (χ0v) is 29.5. The zero-order chi connectivity index (χ0) is 31.7. The number of carbonyl (C=O) groups is 2. The Labute approximate surface area is 257 Å². The van der Waals surface area contributed by atoms with Gasteiger partial charge >= 0.3 is 0 Å². The van der Waals surface area contributed by atoms with Crippen molar-refractivity contribution in [2.24, 2.45) is 10.2 Å². The monoisotopic (exact) mass is 626 g/mol. The Balaban J connectivity index is 4.50. The van der Waals surface area contributed by atoms with Gasteiger partial charge in [0.05, 0.1) is 31.2 Å². The number of hydrogen-bond donors (Lipinski definition) is 2. The lowest BCUT2D eigenvalue weighted by molar-refractivity contribution is -0.122. The van der Waals surface area contributed by atoms with E-state index in [0.29, 0.717) is 39.5 Å². The Kier molecular flexibility index (Phi) is 23.0. The second-order valence-corrected chi connectivity index (χ2v) is 14.2. The molecule has 0 aliphatic rings. The Hall–Kier alpha value is -2.21. The van der Waals surface area contributed by atoms with E-state index < -0.39 is 30.1 Å². The van der Waals surface area contributed by atoms with E-state index >= 15 is 0 Å². The average Bonchev–Trinajstić information content (AvgIpc) is 2.98. The van der Waals surface area contributed by atoms with Crippen molar-refractivity contribution in [2.75, 3.05) is 39.5 Å². The first kappa shape index (κ1) is 39.8. The van der Waals surface area contributed by atoms with Crippen LogP contribution < -0.4 is 10.6 Å². The van der Waals surface area contributed by atoms with E-state index in [1.165, 1.54) is 0 Å². The van der Waals surface area contributed by atoms with Crippen molar-refractivity contribution in [2.45, 2.75) is 115 Å². The van der Waals surface area contributed by atoms with Gasteiger partial charge in [-0.15, -0.1) is 0 Å². The van der Waals surface area contributed by atoms with Crippen LogP contribution in [0.3, 0.4) is 0 Å². The Morgan fingerprint density at radius 3 is 1.33 bits per heavy atom. The number of carbonyl (C=O) groups excluding carboxylic acids is 2. The predicted molar refractivity (Wildman–Crippen MR) is 167 cm³/mol. The summed E-state index contributed by atoms with van der Waals surface area (Å²) < 4.78 is 22.3. The minimum absolute atomic E-state index is 0.0808. The molecule has 42 heavy (non-hydrogen) atoms. The number of amides is 2. The summed E-state index contributed by atoms with van der Waals surface area (Å²) in [5, 5.41) is 33.5. The van der Waals surface area contributed by atoms with Crippen molar-refractivity contribution in [3.8, 4) is 12.1 Å². The van der Waals surface area contributed by atoms with Crippen molar-refractivity contribution in [3.05, 3.63) is 0 Å². The molecule has 0 aliphatic carbocycles. The van der Waals surface area contributed by atoms with Gasteiger partial charge in [-0.3, -0.25) is 9.59 Å². The van der Waals surface area contributed by atoms with Crippen LogP contribution in [0, 0.1) is 22.7 Å². The molecule has 14 heteroatoms. The summed E-state index contributed by atoms with van der Waals surface area (Å²) >= 11 is 0. The molecule has 0 aliphatic heterocycles. The maximum atomic E-state index is 12.3. The topological polar surface area (TPSA) is 167 Å². The van der Waals surface area contributed by atoms with Crippen molar-refractivity contribution in [1.29, 1.82) is 10.5 Å². The van der Waals surface area contributed by atoms with Crippen LogP contribution in [0.1, 0.15) is 80.1 Å². The first-order valence-corrected chi connectivity index (χ1v) is 19.0. The van der Waals surface area contributed by atoms with E-state index in [9.17, 15) is 20.1 Å². The minimum Gasteiger partial charge on any atom is -0.357 e. The van der Waals surface area contributed by atoms with Crippen LogP contribution in [-0.2, 0) is 28.5 Å². The van der Waals surface area contributed by atoms with E-state index in [0.717, 1.165) is 24.9 Å². The summed E-state index contributed by atoms with van der Waals surface area (Å²) in [5.74, 6) is -0.480. The van der Waals surface area contributed by atoms with Crippen molar-refractivity contribution < 1.29 is 28.5 Å². The van der Waals surface area contributed by atoms with Gasteiger partial charge < -0.3 is 29.6 Å². The number of nitriles is 2.